The third-order valence-electron chi connectivity index (χ3n) is 6.06. The van der Waals surface area contributed by atoms with Gasteiger partial charge in [-0.3, -0.25) is 9.48 Å². The van der Waals surface area contributed by atoms with Crippen LogP contribution in [0.4, 0.5) is 17.6 Å². The third kappa shape index (κ3) is 4.95. The number of aromatic nitrogens is 5. The van der Waals surface area contributed by atoms with Gasteiger partial charge in [0, 0.05) is 39.5 Å². The van der Waals surface area contributed by atoms with Crippen LogP contribution in [0, 0.1) is 6.92 Å². The first kappa shape index (κ1) is 23.8. The number of anilines is 3. The Morgan fingerprint density at radius 2 is 2.18 bits per heavy atom. The van der Waals surface area contributed by atoms with Gasteiger partial charge in [-0.2, -0.15) is 10.1 Å². The maximum absolute atomic E-state index is 12.7. The number of carbonyl (C=O) groups is 1. The van der Waals surface area contributed by atoms with Crippen molar-refractivity contribution in [2.24, 2.45) is 0 Å². The van der Waals surface area contributed by atoms with E-state index < -0.39 is 0 Å². The summed E-state index contributed by atoms with van der Waals surface area (Å²) in [6, 6.07) is 4.17. The Kier molecular flexibility index (Phi) is 7.23. The van der Waals surface area contributed by atoms with Gasteiger partial charge in [0.1, 0.15) is 16.9 Å². The second-order valence-electron chi connectivity index (χ2n) is 8.58. The fourth-order valence-electron chi connectivity index (χ4n) is 4.16. The topological polar surface area (TPSA) is 113 Å². The van der Waals surface area contributed by atoms with Crippen molar-refractivity contribution in [1.29, 1.82) is 0 Å². The molecule has 11 nitrogen and oxygen atoms in total. The van der Waals surface area contributed by atoms with Crippen LogP contribution in [0.3, 0.4) is 0 Å². The van der Waals surface area contributed by atoms with Gasteiger partial charge in [-0.25, -0.2) is 9.97 Å². The molecule has 0 aliphatic carbocycles. The van der Waals surface area contributed by atoms with Crippen LogP contribution in [0.15, 0.2) is 18.3 Å². The SMILES string of the molecule is CCOCCn1nc(C(=O)NC)c2nc(N(C)[C@@H]3CCN(C)C3)nc(Nc3cc(C)ccn3)c21. The summed E-state index contributed by atoms with van der Waals surface area (Å²) in [6.07, 6.45) is 2.77. The van der Waals surface area contributed by atoms with Crippen LogP contribution in [0.25, 0.3) is 11.0 Å². The maximum atomic E-state index is 12.7. The Labute approximate surface area is 199 Å². The van der Waals surface area contributed by atoms with Crippen molar-refractivity contribution in [1.82, 2.24) is 34.9 Å². The van der Waals surface area contributed by atoms with Crippen LogP contribution in [-0.4, -0.2) is 89.0 Å². The number of likely N-dealkylation sites (N-methyl/N-ethyl adjacent to an activating group) is 2. The van der Waals surface area contributed by atoms with Crippen LogP contribution in [0.2, 0.25) is 0 Å². The molecule has 4 heterocycles. The molecule has 11 heteroatoms. The van der Waals surface area contributed by atoms with E-state index in [-0.39, 0.29) is 17.6 Å². The molecule has 3 aromatic rings. The lowest BCUT2D eigenvalue weighted by Crippen LogP contribution is -2.35. The molecular weight excluding hydrogens is 434 g/mol. The van der Waals surface area contributed by atoms with Crippen molar-refractivity contribution in [2.75, 3.05) is 57.7 Å². The molecule has 0 radical (unpaired) electrons. The summed E-state index contributed by atoms with van der Waals surface area (Å²) in [5.41, 5.74) is 2.47. The van der Waals surface area contributed by atoms with Crippen molar-refractivity contribution in [2.45, 2.75) is 32.9 Å². The number of nitrogens with one attached hydrogen (secondary N) is 2. The Hall–Kier alpha value is -3.31. The minimum Gasteiger partial charge on any atom is -0.380 e. The molecule has 0 bridgehead atoms. The smallest absolute Gasteiger partial charge is 0.273 e. The van der Waals surface area contributed by atoms with E-state index in [9.17, 15) is 4.79 Å². The quantitative estimate of drug-likeness (QED) is 0.455. The number of hydrogen-bond acceptors (Lipinski definition) is 9. The molecule has 1 amide bonds. The highest BCUT2D eigenvalue weighted by Gasteiger charge is 2.28. The van der Waals surface area contributed by atoms with Gasteiger partial charge in [0.05, 0.1) is 13.2 Å². The van der Waals surface area contributed by atoms with Gasteiger partial charge in [-0.15, -0.1) is 0 Å². The van der Waals surface area contributed by atoms with Crippen molar-refractivity contribution in [3.05, 3.63) is 29.6 Å². The van der Waals surface area contributed by atoms with Crippen molar-refractivity contribution in [3.8, 4) is 0 Å². The lowest BCUT2D eigenvalue weighted by atomic mass is 10.2. The van der Waals surface area contributed by atoms with Crippen LogP contribution in [0.1, 0.15) is 29.4 Å². The molecule has 1 aliphatic heterocycles. The van der Waals surface area contributed by atoms with E-state index in [2.05, 4.69) is 37.6 Å². The Morgan fingerprint density at radius 1 is 1.35 bits per heavy atom. The van der Waals surface area contributed by atoms with E-state index in [1.807, 2.05) is 33.0 Å². The number of rotatable bonds is 9. The van der Waals surface area contributed by atoms with E-state index in [0.717, 1.165) is 25.1 Å². The average Bonchev–Trinajstić information content (AvgIpc) is 3.42. The highest BCUT2D eigenvalue weighted by molar-refractivity contribution is 6.06. The molecule has 34 heavy (non-hydrogen) atoms. The number of ether oxygens (including phenoxy) is 1. The van der Waals surface area contributed by atoms with Crippen molar-refractivity contribution in [3.63, 3.8) is 0 Å². The standard InChI is InChI=1S/C23H33N9O2/c1-6-34-12-11-32-20-18(19(29-32)22(33)24-3)27-23(31(5)16-8-10-30(4)14-16)28-21(20)26-17-13-15(2)7-9-25-17/h7,9,13,16H,6,8,10-12,14H2,1-5H3,(H,24,33)(H,25,26,27,28)/t16-/m1/s1. The highest BCUT2D eigenvalue weighted by atomic mass is 16.5. The normalized spacial score (nSPS) is 16.2. The minimum absolute atomic E-state index is 0.259. The molecule has 3 aromatic heterocycles. The third-order valence-corrected chi connectivity index (χ3v) is 6.06. The summed E-state index contributed by atoms with van der Waals surface area (Å²) in [6.45, 7) is 7.42. The monoisotopic (exact) mass is 467 g/mol. The molecular formula is C23H33N9O2. The van der Waals surface area contributed by atoms with E-state index in [1.165, 1.54) is 0 Å². The molecule has 4 rings (SSSR count). The Bertz CT molecular complexity index is 1160. The second kappa shape index (κ2) is 10.3. The number of likely N-dealkylation sites (tertiary alicyclic amines) is 1. The summed E-state index contributed by atoms with van der Waals surface area (Å²) in [4.78, 5) is 31.3. The van der Waals surface area contributed by atoms with Gasteiger partial charge in [0.15, 0.2) is 11.5 Å². The first-order valence-electron chi connectivity index (χ1n) is 11.6. The number of fused-ring (bicyclic) bond motifs is 1. The fourth-order valence-corrected chi connectivity index (χ4v) is 4.16. The molecule has 0 spiro atoms. The number of amides is 1. The van der Waals surface area contributed by atoms with Gasteiger partial charge < -0.3 is 25.2 Å². The zero-order chi connectivity index (χ0) is 24.2. The van der Waals surface area contributed by atoms with Crippen LogP contribution in [-0.2, 0) is 11.3 Å². The number of hydrogen-bond donors (Lipinski definition) is 2. The van der Waals surface area contributed by atoms with Crippen LogP contribution >= 0.6 is 0 Å². The molecule has 2 N–H and O–H groups in total. The minimum atomic E-state index is -0.298. The number of pyridine rings is 1. The first-order valence-corrected chi connectivity index (χ1v) is 11.6. The molecule has 182 valence electrons. The average molecular weight is 468 g/mol. The zero-order valence-electron chi connectivity index (χ0n) is 20.5. The Balaban J connectivity index is 1.86. The van der Waals surface area contributed by atoms with Crippen LogP contribution < -0.4 is 15.5 Å². The zero-order valence-corrected chi connectivity index (χ0v) is 20.5. The second-order valence-corrected chi connectivity index (χ2v) is 8.58. The summed E-state index contributed by atoms with van der Waals surface area (Å²) in [7, 11) is 5.70. The molecule has 1 saturated heterocycles. The number of carbonyl (C=O) groups excluding carboxylic acids is 1. The van der Waals surface area contributed by atoms with Gasteiger partial charge in [0.2, 0.25) is 5.95 Å². The lowest BCUT2D eigenvalue weighted by molar-refractivity contribution is 0.0957. The summed E-state index contributed by atoms with van der Waals surface area (Å²) >= 11 is 0. The highest BCUT2D eigenvalue weighted by Crippen LogP contribution is 2.29. The number of nitrogens with zero attached hydrogens (tertiary/aromatic N) is 7. The molecule has 0 saturated carbocycles. The predicted molar refractivity (Wildman–Crippen MR) is 132 cm³/mol. The van der Waals surface area contributed by atoms with Crippen LogP contribution in [0.5, 0.6) is 0 Å². The molecule has 1 atom stereocenters. The maximum Gasteiger partial charge on any atom is 0.273 e. The molecule has 0 aromatic carbocycles. The summed E-state index contributed by atoms with van der Waals surface area (Å²) in [5, 5.41) is 10.6. The number of aryl methyl sites for hydroxylation is 1. The van der Waals surface area contributed by atoms with E-state index in [0.29, 0.717) is 48.4 Å². The summed E-state index contributed by atoms with van der Waals surface area (Å²) in [5.74, 6) is 1.45. The van der Waals surface area contributed by atoms with E-state index >= 15 is 0 Å². The summed E-state index contributed by atoms with van der Waals surface area (Å²) < 4.78 is 7.28. The first-order chi connectivity index (χ1) is 16.4. The molecule has 1 aliphatic rings. The van der Waals surface area contributed by atoms with Gasteiger partial charge in [0.25, 0.3) is 5.91 Å². The molecule has 1 fully saturated rings. The lowest BCUT2D eigenvalue weighted by Gasteiger charge is -2.25. The van der Waals surface area contributed by atoms with Gasteiger partial charge in [-0.05, 0) is 51.6 Å². The fraction of sp³-hybridized carbons (Fsp3) is 0.522. The van der Waals surface area contributed by atoms with Crippen molar-refractivity contribution < 1.29 is 9.53 Å². The van der Waals surface area contributed by atoms with E-state index in [4.69, 9.17) is 14.7 Å². The molecule has 0 unspecified atom stereocenters. The van der Waals surface area contributed by atoms with E-state index in [1.54, 1.807) is 17.9 Å². The van der Waals surface area contributed by atoms with Crippen molar-refractivity contribution >= 4 is 34.5 Å². The van der Waals surface area contributed by atoms with Gasteiger partial charge >= 0.3 is 0 Å². The Morgan fingerprint density at radius 3 is 2.85 bits per heavy atom. The van der Waals surface area contributed by atoms with Gasteiger partial charge in [-0.1, -0.05) is 0 Å². The predicted octanol–water partition coefficient (Wildman–Crippen LogP) is 1.81. The largest absolute Gasteiger partial charge is 0.380 e.